The number of hydrogen-bond acceptors (Lipinski definition) is 44. The molecule has 46 heteroatoms. The van der Waals surface area contributed by atoms with Crippen molar-refractivity contribution >= 4 is 72.2 Å². The van der Waals surface area contributed by atoms with Crippen LogP contribution < -0.4 is 16.0 Å². The third-order valence-corrected chi connectivity index (χ3v) is 22.2. The fraction of sp³-hybridized carbons (Fsp3) is 0.937. The molecule has 0 aromatic rings. The lowest BCUT2D eigenvalue weighted by Gasteiger charge is -2.50. The minimum absolute atomic E-state index is 0.0103. The second-order valence-corrected chi connectivity index (χ2v) is 30.1. The molecule has 632 valence electrons. The van der Waals surface area contributed by atoms with Crippen molar-refractivity contribution in [2.24, 2.45) is 5.92 Å². The van der Waals surface area contributed by atoms with E-state index in [-0.39, 0.29) is 93.3 Å². The molecular weight excluding hydrogens is 1550 g/mol. The third-order valence-electron chi connectivity index (χ3n) is 19.4. The molecule has 0 saturated carbocycles. The molecule has 21 rings (SSSR count). The summed E-state index contributed by atoms with van der Waals surface area (Å²) in [6, 6.07) is -0.860. The maximum Gasteiger partial charge on any atom is 0.238 e. The van der Waals surface area contributed by atoms with Crippen LogP contribution in [0.5, 0.6) is 0 Å². The van der Waals surface area contributed by atoms with Crippen LogP contribution >= 0.6 is 48.8 Å². The Hall–Kier alpha value is -1.76. The molecule has 21 fully saturated rings. The summed E-state index contributed by atoms with van der Waals surface area (Å²) in [6.45, 7) is -3.37. The van der Waals surface area contributed by atoms with Crippen molar-refractivity contribution in [1.82, 2.24) is 16.0 Å². The molecule has 0 spiro atoms. The van der Waals surface area contributed by atoms with Crippen LogP contribution in [0.15, 0.2) is 0 Å². The standard InChI is InChI=1S/C63H107N3O39S4/c1-23(72)3-7-90-9-10-91-8-4-25(73)13-24(55(88)65-5-11-106)19-108-21-32-53-39(79)46(86)62(97-32)102-51-30(17-70)93-59(42(82)35(51)75)101-50-29(16-69)96-61(45(85)38(50)78)105-54-33(22-109-20-26(64-2)56(89)66-6-12-107)98-63(47(87)40(54)80)103-52-31(18-71)94-58(43(83)36(52)76)99-48-27(14-67)92-57(41(81)34(48)74)100-49-28(15-68)95-60(104-53)44(84)37(49)77/h24,26-54,57-64,67-71,74-87,106-107H,3-22H2,1-2H3,(H,65,88)(H,66,89)/t24?,26-,27?,28?,29?,30?,31?,32?,33?,34-,35-,36-,37-,38-,39-,40-,41?,42?,43-,44?,45?,46?,47-,48+,49+,50+,51+,52+,53+,54+,57+,58?,59-,60+,61-,62+,63?/m1/s1. The average molecular weight is 1660 g/mol. The van der Waals surface area contributed by atoms with Crippen LogP contribution in [0.4, 0.5) is 0 Å². The molecular formula is C63H107N3O39S4. The van der Waals surface area contributed by atoms with Crippen molar-refractivity contribution in [3.05, 3.63) is 0 Å². The number of carbonyl (C=O) groups excluding carboxylic acids is 4. The number of thioether (sulfide) groups is 2. The quantitative estimate of drug-likeness (QED) is 0.0226. The maximum absolute atomic E-state index is 13.7. The summed E-state index contributed by atoms with van der Waals surface area (Å²) in [7, 11) is 1.50. The number of ether oxygens (including phenoxy) is 16. The number of ketones is 2. The maximum atomic E-state index is 13.7. The zero-order valence-corrected chi connectivity index (χ0v) is 62.8. The number of carbonyl (C=O) groups is 4. The summed E-state index contributed by atoms with van der Waals surface area (Å²) < 4.78 is 94.6. The van der Waals surface area contributed by atoms with E-state index in [1.807, 2.05) is 0 Å². The van der Waals surface area contributed by atoms with Crippen molar-refractivity contribution in [2.45, 2.75) is 247 Å². The number of nitrogens with one attached hydrogen (secondary N) is 3. The number of thiol groups is 2. The molecule has 109 heavy (non-hydrogen) atoms. The number of aliphatic hydroxyl groups is 19. The van der Waals surface area contributed by atoms with Gasteiger partial charge < -0.3 is 189 Å². The molecule has 21 saturated heterocycles. The van der Waals surface area contributed by atoms with E-state index in [1.165, 1.54) is 14.0 Å². The van der Waals surface area contributed by atoms with Gasteiger partial charge in [0.25, 0.3) is 0 Å². The van der Waals surface area contributed by atoms with Gasteiger partial charge in [-0.05, 0) is 14.0 Å². The first-order valence-electron chi connectivity index (χ1n) is 35.6. The van der Waals surface area contributed by atoms with Gasteiger partial charge in [0.2, 0.25) is 11.8 Å². The first-order valence-corrected chi connectivity index (χ1v) is 39.2. The fourth-order valence-corrected chi connectivity index (χ4v) is 15.9. The monoisotopic (exact) mass is 1660 g/mol. The zero-order valence-electron chi connectivity index (χ0n) is 59.4. The molecule has 37 atom stereocenters. The molecule has 2 amide bonds. The highest BCUT2D eigenvalue weighted by molar-refractivity contribution is 7.99. The Kier molecular flexibility index (Phi) is 38.0. The Morgan fingerprint density at radius 1 is 0.367 bits per heavy atom. The van der Waals surface area contributed by atoms with Crippen LogP contribution in [0.25, 0.3) is 0 Å². The minimum atomic E-state index is -2.29. The van der Waals surface area contributed by atoms with Crippen molar-refractivity contribution in [1.29, 1.82) is 0 Å². The highest BCUT2D eigenvalue weighted by Crippen LogP contribution is 2.40. The Morgan fingerprint density at radius 2 is 0.633 bits per heavy atom. The van der Waals surface area contributed by atoms with Crippen molar-refractivity contribution in [3.8, 4) is 0 Å². The van der Waals surface area contributed by atoms with E-state index in [0.717, 1.165) is 23.5 Å². The minimum Gasteiger partial charge on any atom is -0.394 e. The van der Waals surface area contributed by atoms with E-state index in [2.05, 4.69) is 41.2 Å². The molecule has 42 nitrogen and oxygen atoms in total. The number of rotatable bonds is 31. The third kappa shape index (κ3) is 23.6. The van der Waals surface area contributed by atoms with Crippen LogP contribution in [0.2, 0.25) is 0 Å². The van der Waals surface area contributed by atoms with Crippen LogP contribution in [-0.4, -0.2) is 456 Å². The molecule has 21 heterocycles. The van der Waals surface area contributed by atoms with Gasteiger partial charge >= 0.3 is 0 Å². The summed E-state index contributed by atoms with van der Waals surface area (Å²) in [5.41, 5.74) is 0. The number of amides is 2. The molecule has 0 aliphatic carbocycles. The van der Waals surface area contributed by atoms with Gasteiger partial charge in [0.15, 0.2) is 44.0 Å². The number of aliphatic hydroxyl groups excluding tert-OH is 19. The van der Waals surface area contributed by atoms with E-state index in [0.29, 0.717) is 5.75 Å². The first kappa shape index (κ1) is 92.7. The lowest BCUT2D eigenvalue weighted by Crippen LogP contribution is -2.68. The summed E-state index contributed by atoms with van der Waals surface area (Å²) in [5, 5.41) is 227. The van der Waals surface area contributed by atoms with Gasteiger partial charge in [-0.1, -0.05) is 0 Å². The number of Topliss-reactive ketones (excluding diaryl/α,β-unsaturated/α-hetero) is 2. The van der Waals surface area contributed by atoms with E-state index in [4.69, 9.17) is 75.8 Å². The summed E-state index contributed by atoms with van der Waals surface area (Å²) in [5.74, 6) is -2.89. The molecule has 0 aromatic carbocycles. The van der Waals surface area contributed by atoms with Crippen LogP contribution in [0.3, 0.4) is 0 Å². The van der Waals surface area contributed by atoms with Crippen LogP contribution in [0, 0.1) is 5.92 Å². The van der Waals surface area contributed by atoms with Gasteiger partial charge in [0.05, 0.1) is 83.6 Å². The smallest absolute Gasteiger partial charge is 0.238 e. The predicted molar refractivity (Wildman–Crippen MR) is 370 cm³/mol. The second-order valence-electron chi connectivity index (χ2n) is 27.1. The largest absolute Gasteiger partial charge is 0.394 e. The van der Waals surface area contributed by atoms with E-state index < -0.39 is 278 Å². The van der Waals surface area contributed by atoms with E-state index in [1.54, 1.807) is 0 Å². The SMILES string of the molecule is CN[C@H](CSCC1OC2O[C@H]3C(CO)OC(O[C@H]4C(CO)O[C@@H](O[C@H]5C(CO)O[C@@H](O[C@H]6C(CSCC(CC(=O)CCOCCOCCC(C)=O)C(=O)NCCS)O[C@@H](O[C@H]7C(CO)O[C@H](O[C@H]8C(CO)O[C@H](O[C@@H]1[C@H](O)[C@H]2O)C(O)[C@H]8O)C(O)[C@H]7O)C(O)[C@H]6O)C(O)[C@H]5O)C(O)[C@H]4O)[C@H](O)[C@H]3O)C(=O)NCCS. The van der Waals surface area contributed by atoms with Crippen LogP contribution in [-0.2, 0) is 95.0 Å². The van der Waals surface area contributed by atoms with Gasteiger partial charge in [0.1, 0.15) is 170 Å². The summed E-state index contributed by atoms with van der Waals surface area (Å²) in [4.78, 5) is 51.3. The first-order chi connectivity index (χ1) is 52.1. The fourth-order valence-electron chi connectivity index (χ4n) is 13.3. The van der Waals surface area contributed by atoms with Gasteiger partial charge in [-0.15, -0.1) is 0 Å². The molecule has 21 aliphatic rings. The number of likely N-dealkylation sites (N-methyl/N-ethyl adjacent to an activating group) is 1. The van der Waals surface area contributed by atoms with Gasteiger partial charge in [0, 0.05) is 66.9 Å². The van der Waals surface area contributed by atoms with E-state index >= 15 is 0 Å². The summed E-state index contributed by atoms with van der Waals surface area (Å²) in [6.07, 6.45) is -72.0. The molecule has 21 aliphatic heterocycles. The van der Waals surface area contributed by atoms with Gasteiger partial charge in [-0.3, -0.25) is 19.2 Å². The topological polar surface area (TPSA) is 636 Å². The lowest BCUT2D eigenvalue weighted by atomic mass is 9.95. The lowest BCUT2D eigenvalue weighted by molar-refractivity contribution is -0.395. The molecule has 14 bridgehead atoms. The van der Waals surface area contributed by atoms with Crippen molar-refractivity contribution in [3.63, 3.8) is 0 Å². The van der Waals surface area contributed by atoms with E-state index in [9.17, 15) is 116 Å². The Balaban J connectivity index is 1.09. The van der Waals surface area contributed by atoms with Gasteiger partial charge in [-0.25, -0.2) is 0 Å². The average Bonchev–Trinajstić information content (AvgIpc) is 0.804. The van der Waals surface area contributed by atoms with Crippen molar-refractivity contribution in [2.75, 3.05) is 114 Å². The zero-order chi connectivity index (χ0) is 79.7. The molecule has 0 aromatic heterocycles. The highest BCUT2D eigenvalue weighted by Gasteiger charge is 2.60. The molecule has 15 unspecified atom stereocenters. The molecule has 22 N–H and O–H groups in total. The number of hydrogen-bond donors (Lipinski definition) is 24. The predicted octanol–water partition coefficient (Wildman–Crippen LogP) is -13.1. The van der Waals surface area contributed by atoms with Crippen LogP contribution in [0.1, 0.15) is 26.2 Å². The highest BCUT2D eigenvalue weighted by atomic mass is 32.2. The molecule has 0 radical (unpaired) electrons. The second kappa shape index (κ2) is 44.7. The Labute approximate surface area is 644 Å². The normalized spacial score (nSPS) is 43.0. The Morgan fingerprint density at radius 3 is 0.908 bits per heavy atom. The van der Waals surface area contributed by atoms with Gasteiger partial charge in [-0.2, -0.15) is 48.8 Å². The summed E-state index contributed by atoms with van der Waals surface area (Å²) >= 11 is 10.2. The van der Waals surface area contributed by atoms with Crippen molar-refractivity contribution < 1.29 is 192 Å². The Bertz CT molecular complexity index is 2740.